The molecule has 0 radical (unpaired) electrons. The summed E-state index contributed by atoms with van der Waals surface area (Å²) in [4.78, 5) is 7.10. The van der Waals surface area contributed by atoms with E-state index in [0.717, 1.165) is 13.1 Å². The Kier molecular flexibility index (Phi) is 6.50. The lowest BCUT2D eigenvalue weighted by atomic mass is 10.1. The highest BCUT2D eigenvalue weighted by atomic mass is 15.2. The molecule has 0 unspecified atom stereocenters. The fraction of sp³-hybridized carbons (Fsp3) is 0.722. The van der Waals surface area contributed by atoms with Crippen molar-refractivity contribution in [1.29, 1.82) is 0 Å². The number of hydrogen-bond acceptors (Lipinski definition) is 3. The number of hydrogen-bond donors (Lipinski definition) is 1. The van der Waals surface area contributed by atoms with E-state index in [-0.39, 0.29) is 0 Å². The summed E-state index contributed by atoms with van der Waals surface area (Å²) in [6, 6.07) is 4.92. The van der Waals surface area contributed by atoms with Gasteiger partial charge in [0.1, 0.15) is 5.82 Å². The zero-order chi connectivity index (χ0) is 15.1. The molecule has 1 aliphatic rings. The quantitative estimate of drug-likeness (QED) is 0.803. The summed E-state index contributed by atoms with van der Waals surface area (Å²) in [5.41, 5.74) is 1.32. The maximum Gasteiger partial charge on any atom is 0.132 e. The first kappa shape index (κ1) is 16.3. The average Bonchev–Trinajstić information content (AvgIpc) is 2.76. The smallest absolute Gasteiger partial charge is 0.132 e. The summed E-state index contributed by atoms with van der Waals surface area (Å²) in [5, 5.41) is 3.54. The number of nitrogens with zero attached hydrogens (tertiary/aromatic N) is 2. The van der Waals surface area contributed by atoms with Gasteiger partial charge in [-0.15, -0.1) is 0 Å². The standard InChI is InChI=1S/C18H31N3/c1-15(2)13-19-14-16-9-8-12-20-18(16)21(3)17-10-6-4-5-7-11-17/h8-9,12,15,17,19H,4-7,10-11,13-14H2,1-3H3. The highest BCUT2D eigenvalue weighted by molar-refractivity contribution is 5.47. The van der Waals surface area contributed by atoms with Crippen LogP contribution in [0.2, 0.25) is 0 Å². The van der Waals surface area contributed by atoms with Gasteiger partial charge in [0.25, 0.3) is 0 Å². The Labute approximate surface area is 130 Å². The molecule has 0 aromatic carbocycles. The minimum Gasteiger partial charge on any atom is -0.356 e. The highest BCUT2D eigenvalue weighted by Crippen LogP contribution is 2.26. The summed E-state index contributed by atoms with van der Waals surface area (Å²) in [6.07, 6.45) is 10.1. The summed E-state index contributed by atoms with van der Waals surface area (Å²) < 4.78 is 0. The number of nitrogens with one attached hydrogen (secondary N) is 1. The highest BCUT2D eigenvalue weighted by Gasteiger charge is 2.19. The van der Waals surface area contributed by atoms with Crippen LogP contribution in [0.15, 0.2) is 18.3 Å². The van der Waals surface area contributed by atoms with Crippen molar-refractivity contribution in [2.45, 2.75) is 65.0 Å². The normalized spacial score (nSPS) is 17.0. The van der Waals surface area contributed by atoms with Crippen LogP contribution in [-0.2, 0) is 6.54 Å². The molecule has 0 aliphatic heterocycles. The largest absolute Gasteiger partial charge is 0.356 e. The van der Waals surface area contributed by atoms with Gasteiger partial charge in [0, 0.05) is 31.4 Å². The van der Waals surface area contributed by atoms with Crippen LogP contribution in [-0.4, -0.2) is 24.6 Å². The molecule has 0 atom stereocenters. The molecule has 3 heteroatoms. The van der Waals surface area contributed by atoms with E-state index in [1.807, 2.05) is 6.20 Å². The van der Waals surface area contributed by atoms with E-state index in [0.29, 0.717) is 12.0 Å². The lowest BCUT2D eigenvalue weighted by Crippen LogP contribution is -2.33. The van der Waals surface area contributed by atoms with Gasteiger partial charge in [-0.05, 0) is 31.4 Å². The number of aromatic nitrogens is 1. The lowest BCUT2D eigenvalue weighted by Gasteiger charge is -2.30. The molecule has 118 valence electrons. The molecular weight excluding hydrogens is 258 g/mol. The van der Waals surface area contributed by atoms with Crippen LogP contribution in [0.3, 0.4) is 0 Å². The third-order valence-corrected chi connectivity index (χ3v) is 4.44. The molecule has 3 nitrogen and oxygen atoms in total. The molecule has 2 rings (SSSR count). The molecule has 0 spiro atoms. The van der Waals surface area contributed by atoms with Gasteiger partial charge in [0.15, 0.2) is 0 Å². The van der Waals surface area contributed by atoms with Gasteiger partial charge < -0.3 is 10.2 Å². The Morgan fingerprint density at radius 2 is 1.95 bits per heavy atom. The molecule has 21 heavy (non-hydrogen) atoms. The average molecular weight is 289 g/mol. The zero-order valence-electron chi connectivity index (χ0n) is 13.9. The predicted molar refractivity (Wildman–Crippen MR) is 90.7 cm³/mol. The van der Waals surface area contributed by atoms with Gasteiger partial charge >= 0.3 is 0 Å². The van der Waals surface area contributed by atoms with E-state index in [1.54, 1.807) is 0 Å². The molecule has 1 fully saturated rings. The molecule has 1 saturated carbocycles. The summed E-state index contributed by atoms with van der Waals surface area (Å²) in [5.74, 6) is 1.85. The van der Waals surface area contributed by atoms with Crippen LogP contribution in [0.25, 0.3) is 0 Å². The van der Waals surface area contributed by atoms with Crippen LogP contribution in [0.1, 0.15) is 57.9 Å². The van der Waals surface area contributed by atoms with E-state index in [1.165, 1.54) is 49.9 Å². The van der Waals surface area contributed by atoms with Crippen molar-refractivity contribution in [3.8, 4) is 0 Å². The molecule has 0 bridgehead atoms. The monoisotopic (exact) mass is 289 g/mol. The number of pyridine rings is 1. The second-order valence-corrected chi connectivity index (χ2v) is 6.77. The Morgan fingerprint density at radius 3 is 2.62 bits per heavy atom. The zero-order valence-corrected chi connectivity index (χ0v) is 13.9. The van der Waals surface area contributed by atoms with Crippen LogP contribution in [0.5, 0.6) is 0 Å². The van der Waals surface area contributed by atoms with Crippen molar-refractivity contribution >= 4 is 5.82 Å². The Hall–Kier alpha value is -1.09. The summed E-state index contributed by atoms with van der Waals surface area (Å²) in [7, 11) is 2.23. The molecular formula is C18H31N3. The SMILES string of the molecule is CC(C)CNCc1cccnc1N(C)C1CCCCCC1. The van der Waals surface area contributed by atoms with Crippen molar-refractivity contribution in [3.05, 3.63) is 23.9 Å². The van der Waals surface area contributed by atoms with Gasteiger partial charge in [-0.1, -0.05) is 45.6 Å². The van der Waals surface area contributed by atoms with Gasteiger partial charge in [-0.3, -0.25) is 0 Å². The minimum absolute atomic E-state index is 0.659. The van der Waals surface area contributed by atoms with E-state index < -0.39 is 0 Å². The van der Waals surface area contributed by atoms with Gasteiger partial charge in [-0.25, -0.2) is 4.98 Å². The molecule has 1 N–H and O–H groups in total. The maximum atomic E-state index is 4.67. The molecule has 1 aliphatic carbocycles. The first-order chi connectivity index (χ1) is 10.2. The third kappa shape index (κ3) is 4.99. The third-order valence-electron chi connectivity index (χ3n) is 4.44. The van der Waals surface area contributed by atoms with E-state index in [4.69, 9.17) is 0 Å². The van der Waals surface area contributed by atoms with Crippen molar-refractivity contribution in [2.24, 2.45) is 5.92 Å². The van der Waals surface area contributed by atoms with Crippen molar-refractivity contribution < 1.29 is 0 Å². The Bertz CT molecular complexity index is 409. The van der Waals surface area contributed by atoms with Crippen molar-refractivity contribution in [1.82, 2.24) is 10.3 Å². The van der Waals surface area contributed by atoms with E-state index >= 15 is 0 Å². The molecule has 1 heterocycles. The van der Waals surface area contributed by atoms with Crippen LogP contribution in [0, 0.1) is 5.92 Å². The molecule has 0 amide bonds. The van der Waals surface area contributed by atoms with Gasteiger partial charge in [0.05, 0.1) is 0 Å². The fourth-order valence-electron chi connectivity index (χ4n) is 3.20. The second-order valence-electron chi connectivity index (χ2n) is 6.77. The number of rotatable bonds is 6. The van der Waals surface area contributed by atoms with Crippen LogP contribution >= 0.6 is 0 Å². The van der Waals surface area contributed by atoms with E-state index in [2.05, 4.69) is 48.2 Å². The van der Waals surface area contributed by atoms with Gasteiger partial charge in [-0.2, -0.15) is 0 Å². The number of anilines is 1. The van der Waals surface area contributed by atoms with Crippen LogP contribution in [0.4, 0.5) is 5.82 Å². The van der Waals surface area contributed by atoms with Gasteiger partial charge in [0.2, 0.25) is 0 Å². The fourth-order valence-corrected chi connectivity index (χ4v) is 3.20. The summed E-state index contributed by atoms with van der Waals surface area (Å²) >= 11 is 0. The second kappa shape index (κ2) is 8.38. The Morgan fingerprint density at radius 1 is 1.24 bits per heavy atom. The van der Waals surface area contributed by atoms with Crippen LogP contribution < -0.4 is 10.2 Å². The first-order valence-corrected chi connectivity index (χ1v) is 8.56. The predicted octanol–water partition coefficient (Wildman–Crippen LogP) is 3.99. The molecule has 1 aromatic rings. The van der Waals surface area contributed by atoms with Crippen molar-refractivity contribution in [2.75, 3.05) is 18.5 Å². The van der Waals surface area contributed by atoms with E-state index in [9.17, 15) is 0 Å². The maximum absolute atomic E-state index is 4.67. The van der Waals surface area contributed by atoms with Crippen molar-refractivity contribution in [3.63, 3.8) is 0 Å². The summed E-state index contributed by atoms with van der Waals surface area (Å²) in [6.45, 7) is 6.46. The first-order valence-electron chi connectivity index (χ1n) is 8.56. The Balaban J connectivity index is 2.03. The molecule has 0 saturated heterocycles. The molecule has 1 aromatic heterocycles. The minimum atomic E-state index is 0.659. The lowest BCUT2D eigenvalue weighted by molar-refractivity contribution is 0.537. The topological polar surface area (TPSA) is 28.2 Å².